The molecule has 0 aliphatic carbocycles. The molecule has 0 aliphatic heterocycles. The van der Waals surface area contributed by atoms with E-state index in [-0.39, 0.29) is 11.7 Å². The highest BCUT2D eigenvalue weighted by molar-refractivity contribution is 5.31. The summed E-state index contributed by atoms with van der Waals surface area (Å²) < 4.78 is 13.9. The predicted molar refractivity (Wildman–Crippen MR) is 75.6 cm³/mol. The lowest BCUT2D eigenvalue weighted by Gasteiger charge is -2.18. The largest absolute Gasteiger partial charge is 0.330 e. The Morgan fingerprint density at radius 3 is 2.53 bits per heavy atom. The van der Waals surface area contributed by atoms with Crippen LogP contribution in [0.2, 0.25) is 0 Å². The first-order valence-corrected chi connectivity index (χ1v) is 6.49. The molecule has 0 bridgehead atoms. The number of halogens is 1. The first kappa shape index (κ1) is 13.7. The lowest BCUT2D eigenvalue weighted by atomic mass is 9.91. The van der Waals surface area contributed by atoms with Crippen LogP contribution < -0.4 is 5.73 Å². The minimum Gasteiger partial charge on any atom is -0.330 e. The summed E-state index contributed by atoms with van der Waals surface area (Å²) in [5.41, 5.74) is 9.63. The van der Waals surface area contributed by atoms with Gasteiger partial charge in [-0.2, -0.15) is 0 Å². The maximum atomic E-state index is 13.9. The quantitative estimate of drug-likeness (QED) is 0.915. The fraction of sp³-hybridized carbons (Fsp3) is 0.312. The number of benzene rings is 1. The van der Waals surface area contributed by atoms with Crippen molar-refractivity contribution in [3.05, 3.63) is 64.7 Å². The summed E-state index contributed by atoms with van der Waals surface area (Å²) in [6, 6.07) is 9.08. The Morgan fingerprint density at radius 2 is 1.89 bits per heavy atom. The van der Waals surface area contributed by atoms with Crippen LogP contribution in [0.25, 0.3) is 0 Å². The molecule has 2 rings (SSSR count). The van der Waals surface area contributed by atoms with Crippen LogP contribution in [0.15, 0.2) is 36.5 Å². The number of hydrogen-bond acceptors (Lipinski definition) is 2. The monoisotopic (exact) mass is 258 g/mol. The predicted octanol–water partition coefficient (Wildman–Crippen LogP) is 3.12. The molecule has 0 saturated carbocycles. The summed E-state index contributed by atoms with van der Waals surface area (Å²) in [7, 11) is 0. The summed E-state index contributed by atoms with van der Waals surface area (Å²) in [6.45, 7) is 4.40. The van der Waals surface area contributed by atoms with Crippen LogP contribution in [0, 0.1) is 19.7 Å². The number of aromatic nitrogens is 1. The Morgan fingerprint density at radius 1 is 1.16 bits per heavy atom. The average Bonchev–Trinajstić information content (AvgIpc) is 2.40. The number of nitrogens with two attached hydrogens (primary N) is 1. The molecule has 0 aliphatic rings. The third-order valence-corrected chi connectivity index (χ3v) is 3.52. The van der Waals surface area contributed by atoms with Crippen LogP contribution in [0.5, 0.6) is 0 Å². The van der Waals surface area contributed by atoms with E-state index in [0.717, 1.165) is 22.4 Å². The molecule has 0 radical (unpaired) electrons. The number of nitrogens with zero attached hydrogens (tertiary/aromatic N) is 1. The van der Waals surface area contributed by atoms with Gasteiger partial charge in [-0.3, -0.25) is 4.98 Å². The molecule has 0 saturated heterocycles. The standard InChI is InChI=1S/C16H19FN2/c1-11-5-3-7-15(17)14(11)9-13(10-18)16-12(2)6-4-8-19-16/h3-8,13H,9-10,18H2,1-2H3/t13-/m0/s1. The van der Waals surface area contributed by atoms with Crippen molar-refractivity contribution in [1.29, 1.82) is 0 Å². The lowest BCUT2D eigenvalue weighted by Crippen LogP contribution is -2.18. The van der Waals surface area contributed by atoms with Gasteiger partial charge in [0.25, 0.3) is 0 Å². The van der Waals surface area contributed by atoms with Crippen LogP contribution >= 0.6 is 0 Å². The van der Waals surface area contributed by atoms with E-state index >= 15 is 0 Å². The van der Waals surface area contributed by atoms with E-state index in [2.05, 4.69) is 4.98 Å². The third-order valence-electron chi connectivity index (χ3n) is 3.52. The van der Waals surface area contributed by atoms with E-state index in [4.69, 9.17) is 5.73 Å². The first-order chi connectivity index (χ1) is 9.13. The topological polar surface area (TPSA) is 38.9 Å². The number of hydrogen-bond donors (Lipinski definition) is 1. The average molecular weight is 258 g/mol. The second-order valence-electron chi connectivity index (χ2n) is 4.88. The van der Waals surface area contributed by atoms with Gasteiger partial charge in [0.15, 0.2) is 0 Å². The second kappa shape index (κ2) is 5.93. The highest BCUT2D eigenvalue weighted by Crippen LogP contribution is 2.24. The molecule has 1 heterocycles. The van der Waals surface area contributed by atoms with Crippen LogP contribution in [-0.4, -0.2) is 11.5 Å². The summed E-state index contributed by atoms with van der Waals surface area (Å²) in [5, 5.41) is 0. The van der Waals surface area contributed by atoms with Crippen molar-refractivity contribution in [2.45, 2.75) is 26.2 Å². The van der Waals surface area contributed by atoms with Crippen molar-refractivity contribution < 1.29 is 4.39 Å². The van der Waals surface area contributed by atoms with E-state index < -0.39 is 0 Å². The minimum atomic E-state index is -0.160. The van der Waals surface area contributed by atoms with Crippen molar-refractivity contribution in [2.75, 3.05) is 6.54 Å². The SMILES string of the molecule is Cc1cccnc1[C@H](CN)Cc1c(C)cccc1F. The molecular formula is C16H19FN2. The van der Waals surface area contributed by atoms with E-state index in [1.165, 1.54) is 6.07 Å². The molecule has 0 fully saturated rings. The zero-order valence-corrected chi connectivity index (χ0v) is 11.4. The molecule has 2 aromatic rings. The molecule has 3 heteroatoms. The Hall–Kier alpha value is -1.74. The fourth-order valence-electron chi connectivity index (χ4n) is 2.39. The fourth-order valence-corrected chi connectivity index (χ4v) is 2.39. The summed E-state index contributed by atoms with van der Waals surface area (Å²) in [6.07, 6.45) is 2.35. The number of pyridine rings is 1. The van der Waals surface area contributed by atoms with Gasteiger partial charge in [0, 0.05) is 24.4 Å². The molecule has 2 N–H and O–H groups in total. The van der Waals surface area contributed by atoms with Crippen molar-refractivity contribution in [3.63, 3.8) is 0 Å². The van der Waals surface area contributed by atoms with Crippen LogP contribution in [-0.2, 0) is 6.42 Å². The maximum Gasteiger partial charge on any atom is 0.126 e. The molecule has 19 heavy (non-hydrogen) atoms. The Bertz CT molecular complexity index is 546. The van der Waals surface area contributed by atoms with Crippen LogP contribution in [0.1, 0.15) is 28.3 Å². The van der Waals surface area contributed by atoms with Gasteiger partial charge in [0.2, 0.25) is 0 Å². The summed E-state index contributed by atoms with van der Waals surface area (Å²) >= 11 is 0. The van der Waals surface area contributed by atoms with Gasteiger partial charge < -0.3 is 5.73 Å². The van der Waals surface area contributed by atoms with Crippen molar-refractivity contribution >= 4 is 0 Å². The van der Waals surface area contributed by atoms with E-state index in [9.17, 15) is 4.39 Å². The van der Waals surface area contributed by atoms with Crippen LogP contribution in [0.3, 0.4) is 0 Å². The first-order valence-electron chi connectivity index (χ1n) is 6.49. The minimum absolute atomic E-state index is 0.0526. The van der Waals surface area contributed by atoms with Gasteiger partial charge in [-0.1, -0.05) is 18.2 Å². The van der Waals surface area contributed by atoms with Crippen molar-refractivity contribution in [2.24, 2.45) is 5.73 Å². The van der Waals surface area contributed by atoms with Gasteiger partial charge in [-0.25, -0.2) is 4.39 Å². The summed E-state index contributed by atoms with van der Waals surface area (Å²) in [4.78, 5) is 4.40. The van der Waals surface area contributed by atoms with E-state index in [1.54, 1.807) is 12.3 Å². The summed E-state index contributed by atoms with van der Waals surface area (Å²) in [5.74, 6) is -0.108. The zero-order chi connectivity index (χ0) is 13.8. The highest BCUT2D eigenvalue weighted by Gasteiger charge is 2.17. The van der Waals surface area contributed by atoms with E-state index in [1.807, 2.05) is 32.0 Å². The Balaban J connectivity index is 2.32. The third kappa shape index (κ3) is 2.99. The van der Waals surface area contributed by atoms with Gasteiger partial charge in [0.1, 0.15) is 5.82 Å². The molecule has 1 aromatic heterocycles. The van der Waals surface area contributed by atoms with Gasteiger partial charge in [-0.05, 0) is 49.1 Å². The maximum absolute atomic E-state index is 13.9. The Labute approximate surface area is 113 Å². The molecule has 0 spiro atoms. The van der Waals surface area contributed by atoms with Crippen LogP contribution in [0.4, 0.5) is 4.39 Å². The number of aryl methyl sites for hydroxylation is 2. The lowest BCUT2D eigenvalue weighted by molar-refractivity contribution is 0.582. The molecule has 0 unspecified atom stereocenters. The zero-order valence-electron chi connectivity index (χ0n) is 11.4. The van der Waals surface area contributed by atoms with Crippen molar-refractivity contribution in [3.8, 4) is 0 Å². The van der Waals surface area contributed by atoms with Gasteiger partial charge in [-0.15, -0.1) is 0 Å². The van der Waals surface area contributed by atoms with Gasteiger partial charge in [0.05, 0.1) is 0 Å². The molecule has 2 nitrogen and oxygen atoms in total. The van der Waals surface area contributed by atoms with E-state index in [0.29, 0.717) is 13.0 Å². The normalized spacial score (nSPS) is 12.4. The molecule has 1 aromatic carbocycles. The number of rotatable bonds is 4. The van der Waals surface area contributed by atoms with Gasteiger partial charge >= 0.3 is 0 Å². The highest BCUT2D eigenvalue weighted by atomic mass is 19.1. The second-order valence-corrected chi connectivity index (χ2v) is 4.88. The molecule has 100 valence electrons. The molecular weight excluding hydrogens is 239 g/mol. The smallest absolute Gasteiger partial charge is 0.126 e. The molecule has 1 atom stereocenters. The Kier molecular flexibility index (Phi) is 4.27. The van der Waals surface area contributed by atoms with Crippen molar-refractivity contribution in [1.82, 2.24) is 4.98 Å². The molecule has 0 amide bonds.